The predicted molar refractivity (Wildman–Crippen MR) is 73.9 cm³/mol. The summed E-state index contributed by atoms with van der Waals surface area (Å²) >= 11 is 3.42. The van der Waals surface area contributed by atoms with E-state index in [1.165, 1.54) is 0 Å². The van der Waals surface area contributed by atoms with Crippen LogP contribution in [0.5, 0.6) is 0 Å². The van der Waals surface area contributed by atoms with Gasteiger partial charge in [-0.3, -0.25) is 0 Å². The molecule has 0 unspecified atom stereocenters. The Morgan fingerprint density at radius 1 is 1.41 bits per heavy atom. The van der Waals surface area contributed by atoms with Crippen LogP contribution < -0.4 is 5.32 Å². The molecule has 0 saturated carbocycles. The fourth-order valence-corrected chi connectivity index (χ4v) is 1.84. The Kier molecular flexibility index (Phi) is 4.57. The van der Waals surface area contributed by atoms with E-state index >= 15 is 0 Å². The first-order valence-electron chi connectivity index (χ1n) is 5.56. The van der Waals surface area contributed by atoms with Crippen LogP contribution in [0.25, 0.3) is 0 Å². The molecule has 0 spiro atoms. The summed E-state index contributed by atoms with van der Waals surface area (Å²) in [6, 6.07) is 7.90. The highest BCUT2D eigenvalue weighted by atomic mass is 79.9. The van der Waals surface area contributed by atoms with Crippen molar-refractivity contribution in [2.75, 3.05) is 7.05 Å². The minimum Gasteiger partial charge on any atom is -0.333 e. The molecule has 0 aliphatic rings. The molecular weight excluding hydrogens is 280 g/mol. The second kappa shape index (κ2) is 5.54. The Morgan fingerprint density at radius 2 is 2.06 bits per heavy atom. The van der Waals surface area contributed by atoms with E-state index in [9.17, 15) is 4.79 Å². The van der Waals surface area contributed by atoms with E-state index in [0.29, 0.717) is 6.54 Å². The number of hydrogen-bond donors (Lipinski definition) is 1. The van der Waals surface area contributed by atoms with Gasteiger partial charge in [0.05, 0.1) is 0 Å². The van der Waals surface area contributed by atoms with E-state index in [1.54, 1.807) is 11.9 Å². The van der Waals surface area contributed by atoms with E-state index in [2.05, 4.69) is 21.2 Å². The molecule has 94 valence electrons. The van der Waals surface area contributed by atoms with E-state index < -0.39 is 0 Å². The van der Waals surface area contributed by atoms with Crippen molar-refractivity contribution in [1.82, 2.24) is 10.2 Å². The lowest BCUT2D eigenvalue weighted by Gasteiger charge is -2.25. The van der Waals surface area contributed by atoms with Gasteiger partial charge in [0.1, 0.15) is 0 Å². The quantitative estimate of drug-likeness (QED) is 0.892. The molecule has 2 amide bonds. The monoisotopic (exact) mass is 298 g/mol. The summed E-state index contributed by atoms with van der Waals surface area (Å²) in [4.78, 5) is 13.5. The third-order valence-corrected chi connectivity index (χ3v) is 2.63. The Labute approximate surface area is 111 Å². The van der Waals surface area contributed by atoms with Gasteiger partial charge in [0.25, 0.3) is 0 Å². The van der Waals surface area contributed by atoms with E-state index in [-0.39, 0.29) is 11.6 Å². The summed E-state index contributed by atoms with van der Waals surface area (Å²) in [6.45, 7) is 6.51. The molecule has 1 N–H and O–H groups in total. The Balaban J connectivity index is 2.60. The van der Waals surface area contributed by atoms with Crippen molar-refractivity contribution in [3.05, 3.63) is 34.3 Å². The number of nitrogens with one attached hydrogen (secondary N) is 1. The summed E-state index contributed by atoms with van der Waals surface area (Å²) in [5.41, 5.74) is 0.897. The fraction of sp³-hybridized carbons (Fsp3) is 0.462. The topological polar surface area (TPSA) is 32.3 Å². The second-order valence-electron chi connectivity index (χ2n) is 5.17. The number of rotatable bonds is 2. The number of urea groups is 1. The van der Waals surface area contributed by atoms with Gasteiger partial charge in [0, 0.05) is 23.6 Å². The zero-order chi connectivity index (χ0) is 13.1. The summed E-state index contributed by atoms with van der Waals surface area (Å²) in [5.74, 6) is 0. The highest BCUT2D eigenvalue weighted by molar-refractivity contribution is 9.10. The normalized spacial score (nSPS) is 11.1. The highest BCUT2D eigenvalue weighted by Crippen LogP contribution is 2.13. The molecule has 0 heterocycles. The summed E-state index contributed by atoms with van der Waals surface area (Å²) in [6.07, 6.45) is 0. The van der Waals surface area contributed by atoms with Gasteiger partial charge in [0.2, 0.25) is 0 Å². The third-order valence-electron chi connectivity index (χ3n) is 2.14. The van der Waals surface area contributed by atoms with E-state index in [0.717, 1.165) is 10.0 Å². The zero-order valence-electron chi connectivity index (χ0n) is 10.7. The van der Waals surface area contributed by atoms with Gasteiger partial charge in [-0.05, 0) is 38.5 Å². The van der Waals surface area contributed by atoms with Gasteiger partial charge < -0.3 is 10.2 Å². The van der Waals surface area contributed by atoms with Crippen LogP contribution in [0.4, 0.5) is 4.79 Å². The maximum Gasteiger partial charge on any atom is 0.317 e. The SMILES string of the molecule is CN(Cc1cccc(Br)c1)C(=O)NC(C)(C)C. The fourth-order valence-electron chi connectivity index (χ4n) is 1.40. The standard InChI is InChI=1S/C13H19BrN2O/c1-13(2,3)15-12(17)16(4)9-10-6-5-7-11(14)8-10/h5-8H,9H2,1-4H3,(H,15,17). The van der Waals surface area contributed by atoms with Crippen molar-refractivity contribution in [1.29, 1.82) is 0 Å². The van der Waals surface area contributed by atoms with Crippen molar-refractivity contribution in [2.24, 2.45) is 0 Å². The molecule has 0 aliphatic carbocycles. The minimum atomic E-state index is -0.206. The van der Waals surface area contributed by atoms with Gasteiger partial charge in [-0.25, -0.2) is 4.79 Å². The number of nitrogens with zero attached hydrogens (tertiary/aromatic N) is 1. The molecule has 1 aromatic carbocycles. The summed E-state index contributed by atoms with van der Waals surface area (Å²) in [7, 11) is 1.79. The van der Waals surface area contributed by atoms with Crippen LogP contribution in [-0.2, 0) is 6.54 Å². The molecule has 0 atom stereocenters. The smallest absolute Gasteiger partial charge is 0.317 e. The number of benzene rings is 1. The third kappa shape index (κ3) is 5.22. The molecule has 0 bridgehead atoms. The van der Waals surface area contributed by atoms with Crippen LogP contribution in [-0.4, -0.2) is 23.5 Å². The van der Waals surface area contributed by atoms with Gasteiger partial charge in [0.15, 0.2) is 0 Å². The maximum absolute atomic E-state index is 11.9. The van der Waals surface area contributed by atoms with Crippen LogP contribution in [0.3, 0.4) is 0 Å². The number of amides is 2. The van der Waals surface area contributed by atoms with Crippen LogP contribution in [0.1, 0.15) is 26.3 Å². The maximum atomic E-state index is 11.9. The van der Waals surface area contributed by atoms with Crippen LogP contribution in [0.2, 0.25) is 0 Å². The molecule has 4 heteroatoms. The molecule has 0 aromatic heterocycles. The first-order chi connectivity index (χ1) is 7.78. The largest absolute Gasteiger partial charge is 0.333 e. The molecule has 17 heavy (non-hydrogen) atoms. The van der Waals surface area contributed by atoms with Gasteiger partial charge in [-0.15, -0.1) is 0 Å². The zero-order valence-corrected chi connectivity index (χ0v) is 12.3. The molecular formula is C13H19BrN2O. The molecule has 0 fully saturated rings. The average Bonchev–Trinajstić information content (AvgIpc) is 2.14. The molecule has 1 aromatic rings. The molecule has 0 aliphatic heterocycles. The number of halogens is 1. The van der Waals surface area contributed by atoms with Gasteiger partial charge in [-0.2, -0.15) is 0 Å². The summed E-state index contributed by atoms with van der Waals surface area (Å²) in [5, 5.41) is 2.93. The van der Waals surface area contributed by atoms with Crippen LogP contribution >= 0.6 is 15.9 Å². The summed E-state index contributed by atoms with van der Waals surface area (Å²) < 4.78 is 1.03. The van der Waals surface area contributed by atoms with Crippen molar-refractivity contribution < 1.29 is 4.79 Å². The molecule has 1 rings (SSSR count). The number of carbonyl (C=O) groups is 1. The van der Waals surface area contributed by atoms with Crippen molar-refractivity contribution in [3.8, 4) is 0 Å². The first kappa shape index (κ1) is 14.0. The van der Waals surface area contributed by atoms with E-state index in [4.69, 9.17) is 0 Å². The molecule has 3 nitrogen and oxygen atoms in total. The van der Waals surface area contributed by atoms with Crippen LogP contribution in [0.15, 0.2) is 28.7 Å². The lowest BCUT2D eigenvalue weighted by Crippen LogP contribution is -2.46. The number of hydrogen-bond acceptors (Lipinski definition) is 1. The lowest BCUT2D eigenvalue weighted by molar-refractivity contribution is 0.197. The first-order valence-corrected chi connectivity index (χ1v) is 6.35. The Bertz CT molecular complexity index is 399. The highest BCUT2D eigenvalue weighted by Gasteiger charge is 2.16. The van der Waals surface area contributed by atoms with E-state index in [1.807, 2.05) is 45.0 Å². The molecule has 0 radical (unpaired) electrons. The van der Waals surface area contributed by atoms with Crippen molar-refractivity contribution in [2.45, 2.75) is 32.9 Å². The Morgan fingerprint density at radius 3 is 2.59 bits per heavy atom. The van der Waals surface area contributed by atoms with Gasteiger partial charge >= 0.3 is 6.03 Å². The molecule has 0 saturated heterocycles. The number of carbonyl (C=O) groups excluding carboxylic acids is 1. The van der Waals surface area contributed by atoms with Crippen LogP contribution in [0, 0.1) is 0 Å². The lowest BCUT2D eigenvalue weighted by atomic mass is 10.1. The second-order valence-corrected chi connectivity index (χ2v) is 6.08. The minimum absolute atomic E-state index is 0.0579. The van der Waals surface area contributed by atoms with Crippen molar-refractivity contribution in [3.63, 3.8) is 0 Å². The average molecular weight is 299 g/mol. The van der Waals surface area contributed by atoms with Crippen molar-refractivity contribution >= 4 is 22.0 Å². The Hall–Kier alpha value is -1.03. The predicted octanol–water partition coefficient (Wildman–Crippen LogP) is 3.39. The van der Waals surface area contributed by atoms with Gasteiger partial charge in [-0.1, -0.05) is 28.1 Å².